The molecule has 0 saturated heterocycles. The van der Waals surface area contributed by atoms with Gasteiger partial charge in [0.05, 0.1) is 16.2 Å². The zero-order valence-corrected chi connectivity index (χ0v) is 16.0. The van der Waals surface area contributed by atoms with Crippen molar-refractivity contribution < 1.29 is 30.7 Å². The maximum atomic E-state index is 12.9. The summed E-state index contributed by atoms with van der Waals surface area (Å²) in [5.74, 6) is -0.222. The van der Waals surface area contributed by atoms with E-state index < -0.39 is 21.8 Å². The Labute approximate surface area is 169 Å². The second-order valence-electron chi connectivity index (χ2n) is 6.03. The monoisotopic (exact) mass is 441 g/mol. The van der Waals surface area contributed by atoms with E-state index in [9.17, 15) is 26.0 Å². The molecule has 0 unspecified atom stereocenters. The summed E-state index contributed by atoms with van der Waals surface area (Å²) < 4.78 is 82.4. The normalized spacial score (nSPS) is 12.0. The predicted molar refractivity (Wildman–Crippen MR) is 99.6 cm³/mol. The quantitative estimate of drug-likeness (QED) is 0.447. The van der Waals surface area contributed by atoms with Gasteiger partial charge in [0.2, 0.25) is 15.9 Å². The maximum Gasteiger partial charge on any atom is 0.416 e. The first-order chi connectivity index (χ1) is 14.1. The van der Waals surface area contributed by atoms with Gasteiger partial charge in [-0.15, -0.1) is 10.2 Å². The molecule has 6 nitrogen and oxygen atoms in total. The number of alkyl halides is 3. The summed E-state index contributed by atoms with van der Waals surface area (Å²) in [7, 11) is -3.99. The minimum absolute atomic E-state index is 0.0789. The third kappa shape index (κ3) is 5.51. The van der Waals surface area contributed by atoms with Crippen molar-refractivity contribution in [3.8, 4) is 17.1 Å². The lowest BCUT2D eigenvalue weighted by Crippen LogP contribution is -2.28. The molecule has 0 fully saturated rings. The number of nitrogens with one attached hydrogen (secondary N) is 1. The number of hydrogen-bond acceptors (Lipinski definition) is 5. The Morgan fingerprint density at radius 2 is 1.57 bits per heavy atom. The molecule has 0 aliphatic rings. The molecule has 0 bridgehead atoms. The van der Waals surface area contributed by atoms with Crippen molar-refractivity contribution >= 4 is 10.0 Å². The molecule has 1 aromatic heterocycles. The van der Waals surface area contributed by atoms with Crippen molar-refractivity contribution in [3.05, 3.63) is 72.0 Å². The highest BCUT2D eigenvalue weighted by atomic mass is 32.2. The molecule has 0 saturated carbocycles. The number of ether oxygens (including phenoxy) is 1. The van der Waals surface area contributed by atoms with Crippen LogP contribution in [0.4, 0.5) is 17.6 Å². The molecule has 0 atom stereocenters. The summed E-state index contributed by atoms with van der Waals surface area (Å²) in [5.41, 5.74) is 0.234. The molecule has 3 rings (SSSR count). The Kier molecular flexibility index (Phi) is 6.32. The first-order valence-electron chi connectivity index (χ1n) is 8.54. The molecular weight excluding hydrogens is 426 g/mol. The van der Waals surface area contributed by atoms with Gasteiger partial charge in [0.1, 0.15) is 12.4 Å². The third-order valence-corrected chi connectivity index (χ3v) is 5.39. The van der Waals surface area contributed by atoms with Gasteiger partial charge in [-0.1, -0.05) is 0 Å². The van der Waals surface area contributed by atoms with Gasteiger partial charge in [0, 0.05) is 18.2 Å². The van der Waals surface area contributed by atoms with Crippen LogP contribution in [0.3, 0.4) is 0 Å². The number of benzene rings is 2. The largest absolute Gasteiger partial charge is 0.475 e. The molecule has 2 aromatic carbocycles. The Balaban J connectivity index is 1.52. The molecule has 0 aliphatic carbocycles. The van der Waals surface area contributed by atoms with Crippen LogP contribution in [0.1, 0.15) is 5.56 Å². The zero-order chi connectivity index (χ0) is 21.8. The predicted octanol–water partition coefficient (Wildman–Crippen LogP) is 3.66. The maximum absolute atomic E-state index is 12.9. The van der Waals surface area contributed by atoms with Crippen molar-refractivity contribution in [1.82, 2.24) is 14.9 Å². The van der Waals surface area contributed by atoms with Gasteiger partial charge in [-0.25, -0.2) is 17.5 Å². The van der Waals surface area contributed by atoms with Gasteiger partial charge in [0.15, 0.2) is 0 Å². The summed E-state index contributed by atoms with van der Waals surface area (Å²) in [6.45, 7) is -0.213. The van der Waals surface area contributed by atoms with E-state index in [1.165, 1.54) is 18.2 Å². The van der Waals surface area contributed by atoms with Crippen LogP contribution in [-0.4, -0.2) is 31.8 Å². The summed E-state index contributed by atoms with van der Waals surface area (Å²) >= 11 is 0. The zero-order valence-electron chi connectivity index (χ0n) is 15.2. The van der Waals surface area contributed by atoms with Crippen molar-refractivity contribution in [2.24, 2.45) is 0 Å². The fourth-order valence-corrected chi connectivity index (χ4v) is 3.42. The molecule has 0 radical (unpaired) electrons. The highest BCUT2D eigenvalue weighted by molar-refractivity contribution is 7.89. The Morgan fingerprint density at radius 3 is 2.13 bits per heavy atom. The van der Waals surface area contributed by atoms with E-state index >= 15 is 0 Å². The lowest BCUT2D eigenvalue weighted by Gasteiger charge is -2.10. The summed E-state index contributed by atoms with van der Waals surface area (Å²) in [5, 5.41) is 7.81. The molecule has 158 valence electrons. The number of hydrogen-bond donors (Lipinski definition) is 1. The van der Waals surface area contributed by atoms with Crippen molar-refractivity contribution in [2.45, 2.75) is 11.1 Å². The van der Waals surface area contributed by atoms with E-state index in [0.29, 0.717) is 23.4 Å². The number of sulfonamides is 1. The van der Waals surface area contributed by atoms with Crippen LogP contribution in [0.15, 0.2) is 65.6 Å². The highest BCUT2D eigenvalue weighted by Crippen LogP contribution is 2.29. The van der Waals surface area contributed by atoms with Gasteiger partial charge < -0.3 is 4.74 Å². The Bertz CT molecular complexity index is 1090. The SMILES string of the molecule is O=S(=O)(NCCOc1ccc(-c2ccc(F)cc2)nn1)c1ccc(C(F)(F)F)cc1. The third-order valence-electron chi connectivity index (χ3n) is 3.92. The fourth-order valence-electron chi connectivity index (χ4n) is 2.41. The van der Waals surface area contributed by atoms with Gasteiger partial charge >= 0.3 is 6.18 Å². The van der Waals surface area contributed by atoms with E-state index in [1.807, 2.05) is 0 Å². The van der Waals surface area contributed by atoms with Crippen molar-refractivity contribution in [2.75, 3.05) is 13.2 Å². The van der Waals surface area contributed by atoms with Gasteiger partial charge in [-0.05, 0) is 54.6 Å². The molecule has 0 amide bonds. The lowest BCUT2D eigenvalue weighted by molar-refractivity contribution is -0.137. The second-order valence-corrected chi connectivity index (χ2v) is 7.80. The number of nitrogens with zero attached hydrogens (tertiary/aromatic N) is 2. The molecule has 11 heteroatoms. The molecular formula is C19H15F4N3O3S. The van der Waals surface area contributed by atoms with E-state index in [2.05, 4.69) is 14.9 Å². The molecule has 0 spiro atoms. The number of rotatable bonds is 7. The number of aromatic nitrogens is 2. The highest BCUT2D eigenvalue weighted by Gasteiger charge is 2.30. The van der Waals surface area contributed by atoms with Crippen LogP contribution in [-0.2, 0) is 16.2 Å². The summed E-state index contributed by atoms with van der Waals surface area (Å²) in [4.78, 5) is -0.293. The molecule has 1 N–H and O–H groups in total. The molecule has 30 heavy (non-hydrogen) atoms. The topological polar surface area (TPSA) is 81.2 Å². The van der Waals surface area contributed by atoms with Crippen LogP contribution in [0.5, 0.6) is 5.88 Å². The van der Waals surface area contributed by atoms with Crippen molar-refractivity contribution in [1.29, 1.82) is 0 Å². The first-order valence-corrected chi connectivity index (χ1v) is 10.0. The lowest BCUT2D eigenvalue weighted by atomic mass is 10.1. The van der Waals surface area contributed by atoms with Crippen LogP contribution in [0, 0.1) is 5.82 Å². The van der Waals surface area contributed by atoms with Gasteiger partial charge in [-0.2, -0.15) is 13.2 Å². The van der Waals surface area contributed by atoms with Crippen molar-refractivity contribution in [3.63, 3.8) is 0 Å². The molecule has 0 aliphatic heterocycles. The number of halogens is 4. The standard InChI is InChI=1S/C19H15F4N3O3S/c20-15-5-1-13(2-6-15)17-9-10-18(26-25-17)29-12-11-24-30(27,28)16-7-3-14(4-8-16)19(21,22)23/h1-10,24H,11-12H2. The Morgan fingerprint density at radius 1 is 0.900 bits per heavy atom. The summed E-state index contributed by atoms with van der Waals surface area (Å²) in [6, 6.07) is 12.0. The molecule has 1 heterocycles. The van der Waals surface area contributed by atoms with Gasteiger partial charge in [-0.3, -0.25) is 0 Å². The first kappa shape index (κ1) is 21.7. The second kappa shape index (κ2) is 8.76. The van der Waals surface area contributed by atoms with Gasteiger partial charge in [0.25, 0.3) is 0 Å². The van der Waals surface area contributed by atoms with Crippen LogP contribution >= 0.6 is 0 Å². The fraction of sp³-hybridized carbons (Fsp3) is 0.158. The Hall–Kier alpha value is -3.05. The van der Waals surface area contributed by atoms with E-state index in [1.54, 1.807) is 18.2 Å². The van der Waals surface area contributed by atoms with E-state index in [0.717, 1.165) is 12.1 Å². The van der Waals surface area contributed by atoms with Crippen LogP contribution in [0.25, 0.3) is 11.3 Å². The summed E-state index contributed by atoms with van der Waals surface area (Å²) in [6.07, 6.45) is -4.54. The van der Waals surface area contributed by atoms with E-state index in [-0.39, 0.29) is 29.7 Å². The minimum Gasteiger partial charge on any atom is -0.475 e. The average molecular weight is 441 g/mol. The minimum atomic E-state index is -4.54. The molecule has 3 aromatic rings. The average Bonchev–Trinajstić information content (AvgIpc) is 2.72. The van der Waals surface area contributed by atoms with E-state index in [4.69, 9.17) is 4.74 Å². The van der Waals surface area contributed by atoms with Crippen LogP contribution in [0.2, 0.25) is 0 Å². The van der Waals surface area contributed by atoms with Crippen LogP contribution < -0.4 is 9.46 Å². The smallest absolute Gasteiger partial charge is 0.416 e.